The normalized spacial score (nSPS) is 12.1. The zero-order chi connectivity index (χ0) is 35.7. The molecule has 4 N–H and O–H groups in total. The number of hydrogen-bond donors (Lipinski definition) is 2. The predicted molar refractivity (Wildman–Crippen MR) is 205 cm³/mol. The lowest BCUT2D eigenvalue weighted by molar-refractivity contribution is 0.442. The molecule has 51 heavy (non-hydrogen) atoms. The van der Waals surface area contributed by atoms with Crippen molar-refractivity contribution >= 4 is 11.4 Å². The molecule has 6 rings (SSSR count). The minimum absolute atomic E-state index is 0.293. The van der Waals surface area contributed by atoms with Crippen LogP contribution in [0.2, 0.25) is 0 Å². The van der Waals surface area contributed by atoms with E-state index in [0.717, 1.165) is 24.0 Å². The molecule has 0 aliphatic heterocycles. The Bertz CT molecular complexity index is 1950. The first-order valence-electron chi connectivity index (χ1n) is 17.3. The smallest absolute Gasteiger partial charge is 0.131 e. The van der Waals surface area contributed by atoms with Crippen molar-refractivity contribution < 1.29 is 23.7 Å². The Morgan fingerprint density at radius 1 is 0.373 bits per heavy atom. The summed E-state index contributed by atoms with van der Waals surface area (Å²) >= 11 is 0. The molecule has 0 bridgehead atoms. The van der Waals surface area contributed by atoms with E-state index < -0.39 is 0 Å². The third-order valence-corrected chi connectivity index (χ3v) is 8.67. The second-order valence-electron chi connectivity index (χ2n) is 12.7. The Kier molecular flexibility index (Phi) is 11.0. The number of nitrogens with two attached hydrogens (primary N) is 2. The highest BCUT2D eigenvalue weighted by Gasteiger charge is 2.14. The summed E-state index contributed by atoms with van der Waals surface area (Å²) in [4.78, 5) is 0. The largest absolute Gasteiger partial charge is 0.457 e. The SMILES string of the molecule is CCC(C)c1cc(Oc2cccc(Oc3cccc(N)c3)c2)cc(Oc2cc(Oc3cccc(Oc4cccc(N)c4)c3)cc(C(C)CC)c2)c1. The van der Waals surface area contributed by atoms with Crippen molar-refractivity contribution in [2.24, 2.45) is 0 Å². The van der Waals surface area contributed by atoms with Gasteiger partial charge in [0.25, 0.3) is 0 Å². The van der Waals surface area contributed by atoms with Crippen molar-refractivity contribution in [3.63, 3.8) is 0 Å². The molecular formula is C44H44N2O5. The van der Waals surface area contributed by atoms with E-state index in [1.54, 1.807) is 12.1 Å². The molecule has 0 fully saturated rings. The standard InChI is InChI=1S/C44H44N2O5/c1-5-29(3)31-19-41(49-39-17-9-15-37(25-39)47-35-13-7-11-33(45)23-35)27-43(21-31)51-44-22-32(30(4)6-2)20-42(28-44)50-40-18-10-16-38(26-40)48-36-14-8-12-34(46)24-36/h7-30H,5-6,45-46H2,1-4H3. The van der Waals surface area contributed by atoms with Gasteiger partial charge in [-0.05, 0) is 109 Å². The summed E-state index contributed by atoms with van der Waals surface area (Å²) < 4.78 is 31.5. The average molecular weight is 681 g/mol. The molecule has 0 amide bonds. The van der Waals surface area contributed by atoms with Crippen LogP contribution in [-0.2, 0) is 0 Å². The number of nitrogen functional groups attached to an aromatic ring is 2. The van der Waals surface area contributed by atoms with Crippen LogP contribution in [0.1, 0.15) is 63.5 Å². The van der Waals surface area contributed by atoms with Gasteiger partial charge in [-0.3, -0.25) is 0 Å². The third-order valence-electron chi connectivity index (χ3n) is 8.67. The Morgan fingerprint density at radius 3 is 0.941 bits per heavy atom. The summed E-state index contributed by atoms with van der Waals surface area (Å²) in [5.74, 6) is 7.12. The van der Waals surface area contributed by atoms with E-state index in [1.165, 1.54) is 0 Å². The molecule has 6 aromatic carbocycles. The summed E-state index contributed by atoms with van der Waals surface area (Å²) in [6, 6.07) is 41.8. The van der Waals surface area contributed by atoms with Crippen LogP contribution >= 0.6 is 0 Å². The van der Waals surface area contributed by atoms with E-state index in [-0.39, 0.29) is 0 Å². The molecule has 0 heterocycles. The van der Waals surface area contributed by atoms with Gasteiger partial charge in [0, 0.05) is 47.8 Å². The predicted octanol–water partition coefficient (Wildman–Crippen LogP) is 12.8. The molecule has 7 nitrogen and oxygen atoms in total. The average Bonchev–Trinajstić information content (AvgIpc) is 3.11. The summed E-state index contributed by atoms with van der Waals surface area (Å²) in [5, 5.41) is 0. The summed E-state index contributed by atoms with van der Waals surface area (Å²) in [5.41, 5.74) is 15.4. The Balaban J connectivity index is 1.26. The van der Waals surface area contributed by atoms with Crippen LogP contribution in [0.4, 0.5) is 11.4 Å². The van der Waals surface area contributed by atoms with Crippen LogP contribution in [0.25, 0.3) is 0 Å². The minimum Gasteiger partial charge on any atom is -0.457 e. The van der Waals surface area contributed by atoms with E-state index in [1.807, 2.05) is 97.1 Å². The van der Waals surface area contributed by atoms with Gasteiger partial charge in [0.15, 0.2) is 0 Å². The zero-order valence-electron chi connectivity index (χ0n) is 29.5. The van der Waals surface area contributed by atoms with Gasteiger partial charge in [0.2, 0.25) is 0 Å². The fourth-order valence-electron chi connectivity index (χ4n) is 5.50. The van der Waals surface area contributed by atoms with Crippen LogP contribution < -0.4 is 35.2 Å². The second-order valence-corrected chi connectivity index (χ2v) is 12.7. The number of ether oxygens (including phenoxy) is 5. The van der Waals surface area contributed by atoms with Crippen molar-refractivity contribution in [1.29, 1.82) is 0 Å². The van der Waals surface area contributed by atoms with Gasteiger partial charge in [0.05, 0.1) is 0 Å². The molecule has 2 unspecified atom stereocenters. The first-order chi connectivity index (χ1) is 24.7. The van der Waals surface area contributed by atoms with Crippen molar-refractivity contribution in [3.05, 3.63) is 145 Å². The van der Waals surface area contributed by atoms with Gasteiger partial charge in [0.1, 0.15) is 57.5 Å². The summed E-state index contributed by atoms with van der Waals surface area (Å²) in [6.45, 7) is 8.74. The maximum atomic E-state index is 6.60. The lowest BCUT2D eigenvalue weighted by Gasteiger charge is -2.18. The lowest BCUT2D eigenvalue weighted by atomic mass is 9.97. The molecule has 2 atom stereocenters. The van der Waals surface area contributed by atoms with Crippen LogP contribution in [0, 0.1) is 0 Å². The minimum atomic E-state index is 0.293. The van der Waals surface area contributed by atoms with E-state index in [4.69, 9.17) is 35.2 Å². The van der Waals surface area contributed by atoms with Gasteiger partial charge in [-0.1, -0.05) is 52.0 Å². The topological polar surface area (TPSA) is 98.2 Å². The van der Waals surface area contributed by atoms with Gasteiger partial charge in [-0.25, -0.2) is 0 Å². The number of benzene rings is 6. The Morgan fingerprint density at radius 2 is 0.627 bits per heavy atom. The Labute approximate surface area is 300 Å². The molecule has 0 aromatic heterocycles. The van der Waals surface area contributed by atoms with Crippen LogP contribution in [0.15, 0.2) is 133 Å². The molecule has 0 saturated carbocycles. The molecule has 0 spiro atoms. The monoisotopic (exact) mass is 680 g/mol. The molecule has 0 radical (unpaired) electrons. The molecule has 260 valence electrons. The van der Waals surface area contributed by atoms with Crippen molar-refractivity contribution in [3.8, 4) is 57.5 Å². The highest BCUT2D eigenvalue weighted by Crippen LogP contribution is 2.38. The quantitative estimate of drug-likeness (QED) is 0.110. The maximum absolute atomic E-state index is 6.60. The van der Waals surface area contributed by atoms with Gasteiger partial charge in [-0.2, -0.15) is 0 Å². The number of hydrogen-bond acceptors (Lipinski definition) is 7. The van der Waals surface area contributed by atoms with Crippen molar-refractivity contribution in [1.82, 2.24) is 0 Å². The van der Waals surface area contributed by atoms with E-state index in [2.05, 4.69) is 52.0 Å². The van der Waals surface area contributed by atoms with Crippen LogP contribution in [0.3, 0.4) is 0 Å². The van der Waals surface area contributed by atoms with Gasteiger partial charge in [-0.15, -0.1) is 0 Å². The molecule has 0 aliphatic carbocycles. The van der Waals surface area contributed by atoms with E-state index in [9.17, 15) is 0 Å². The summed E-state index contributed by atoms with van der Waals surface area (Å²) in [7, 11) is 0. The van der Waals surface area contributed by atoms with Gasteiger partial charge < -0.3 is 35.2 Å². The highest BCUT2D eigenvalue weighted by molar-refractivity contribution is 5.50. The molecular weight excluding hydrogens is 636 g/mol. The highest BCUT2D eigenvalue weighted by atomic mass is 16.5. The zero-order valence-corrected chi connectivity index (χ0v) is 29.5. The fraction of sp³-hybridized carbons (Fsp3) is 0.182. The lowest BCUT2D eigenvalue weighted by Crippen LogP contribution is -1.97. The third kappa shape index (κ3) is 9.55. The van der Waals surface area contributed by atoms with Crippen molar-refractivity contribution in [2.75, 3.05) is 11.5 Å². The van der Waals surface area contributed by atoms with E-state index in [0.29, 0.717) is 80.7 Å². The van der Waals surface area contributed by atoms with Crippen LogP contribution in [-0.4, -0.2) is 0 Å². The number of anilines is 2. The second kappa shape index (κ2) is 16.1. The molecule has 7 heteroatoms. The first-order valence-corrected chi connectivity index (χ1v) is 17.3. The Hall–Kier alpha value is -6.08. The van der Waals surface area contributed by atoms with Crippen LogP contribution in [0.5, 0.6) is 57.5 Å². The van der Waals surface area contributed by atoms with E-state index >= 15 is 0 Å². The fourth-order valence-corrected chi connectivity index (χ4v) is 5.50. The van der Waals surface area contributed by atoms with Crippen molar-refractivity contribution in [2.45, 2.75) is 52.4 Å². The van der Waals surface area contributed by atoms with Gasteiger partial charge >= 0.3 is 0 Å². The first kappa shape index (κ1) is 34.8. The number of rotatable bonds is 14. The molecule has 0 aliphatic rings. The summed E-state index contributed by atoms with van der Waals surface area (Å²) in [6.07, 6.45) is 1.93. The maximum Gasteiger partial charge on any atom is 0.131 e. The molecule has 6 aromatic rings. The molecule has 0 saturated heterocycles.